The van der Waals surface area contributed by atoms with Gasteiger partial charge in [-0.05, 0) is 55.2 Å². The maximum atomic E-state index is 13.3. The van der Waals surface area contributed by atoms with Crippen molar-refractivity contribution in [2.45, 2.75) is 43.9 Å². The minimum atomic E-state index is -0.350. The zero-order chi connectivity index (χ0) is 25.5. The van der Waals surface area contributed by atoms with Crippen molar-refractivity contribution in [1.29, 1.82) is 0 Å². The van der Waals surface area contributed by atoms with E-state index in [0.29, 0.717) is 36.4 Å². The molecule has 2 aliphatic heterocycles. The highest BCUT2D eigenvalue weighted by molar-refractivity contribution is 6.00. The average molecular weight is 497 g/mol. The molecule has 2 N–H and O–H groups in total. The Morgan fingerprint density at radius 1 is 1.17 bits per heavy atom. The van der Waals surface area contributed by atoms with Crippen LogP contribution in [0.4, 0.5) is 5.69 Å². The van der Waals surface area contributed by atoms with E-state index in [4.69, 9.17) is 14.2 Å². The number of anilines is 1. The van der Waals surface area contributed by atoms with Crippen molar-refractivity contribution in [2.75, 3.05) is 39.2 Å². The lowest BCUT2D eigenvalue weighted by molar-refractivity contribution is -0.134. The second-order valence-electron chi connectivity index (χ2n) is 9.02. The van der Waals surface area contributed by atoms with Crippen LogP contribution < -0.4 is 15.4 Å². The number of nitrogens with zero attached hydrogens (tertiary/aromatic N) is 2. The first-order valence-corrected chi connectivity index (χ1v) is 12.1. The normalized spacial score (nSPS) is 21.3. The van der Waals surface area contributed by atoms with Gasteiger partial charge in [0.1, 0.15) is 25.1 Å². The zero-order valence-corrected chi connectivity index (χ0v) is 20.6. The van der Waals surface area contributed by atoms with E-state index in [1.165, 1.54) is 7.11 Å². The Kier molecular flexibility index (Phi) is 8.50. The molecule has 2 aliphatic rings. The van der Waals surface area contributed by atoms with E-state index < -0.39 is 0 Å². The van der Waals surface area contributed by atoms with Gasteiger partial charge < -0.3 is 29.7 Å². The number of likely N-dealkylation sites (N-methyl/N-ethyl adjacent to an activating group) is 1. The third-order valence-electron chi connectivity index (χ3n) is 6.47. The first kappa shape index (κ1) is 25.6. The highest BCUT2D eigenvalue weighted by Crippen LogP contribution is 2.32. The molecule has 192 valence electrons. The fourth-order valence-electron chi connectivity index (χ4n) is 4.61. The lowest BCUT2D eigenvalue weighted by atomic mass is 9.94. The molecule has 0 radical (unpaired) electrons. The predicted molar refractivity (Wildman–Crippen MR) is 132 cm³/mol. The van der Waals surface area contributed by atoms with Crippen molar-refractivity contribution in [1.82, 2.24) is 15.2 Å². The molecule has 10 nitrogen and oxygen atoms in total. The maximum absolute atomic E-state index is 13.3. The summed E-state index contributed by atoms with van der Waals surface area (Å²) in [5.74, 6) is -0.150. The lowest BCUT2D eigenvalue weighted by Crippen LogP contribution is -2.54. The zero-order valence-electron chi connectivity index (χ0n) is 20.6. The molecule has 2 aromatic rings. The molecular weight excluding hydrogens is 464 g/mol. The topological polar surface area (TPSA) is 119 Å². The second-order valence-corrected chi connectivity index (χ2v) is 9.02. The molecule has 0 unspecified atom stereocenters. The monoisotopic (exact) mass is 496 g/mol. The Balaban J connectivity index is 1.34. The molecule has 10 heteroatoms. The van der Waals surface area contributed by atoms with Gasteiger partial charge >= 0.3 is 0 Å². The van der Waals surface area contributed by atoms with E-state index in [0.717, 1.165) is 12.0 Å². The van der Waals surface area contributed by atoms with Crippen LogP contribution >= 0.6 is 0 Å². The Bertz CT molecular complexity index is 1080. The molecule has 3 heterocycles. The number of carbonyl (C=O) groups is 3. The minimum Gasteiger partial charge on any atom is -0.490 e. The summed E-state index contributed by atoms with van der Waals surface area (Å²) in [7, 11) is 3.19. The van der Waals surface area contributed by atoms with Gasteiger partial charge in [-0.15, -0.1) is 0 Å². The smallest absolute Gasteiger partial charge is 0.257 e. The van der Waals surface area contributed by atoms with Crippen LogP contribution in [0.3, 0.4) is 0 Å². The van der Waals surface area contributed by atoms with Crippen molar-refractivity contribution in [3.05, 3.63) is 53.9 Å². The highest BCUT2D eigenvalue weighted by atomic mass is 16.5. The molecule has 1 saturated heterocycles. The van der Waals surface area contributed by atoms with E-state index in [9.17, 15) is 14.4 Å². The number of fused-ring (bicyclic) bond motifs is 2. The van der Waals surface area contributed by atoms with Gasteiger partial charge in [-0.3, -0.25) is 19.4 Å². The molecule has 3 atom stereocenters. The number of carbonyl (C=O) groups excluding carboxylic acids is 3. The molecule has 0 aliphatic carbocycles. The van der Waals surface area contributed by atoms with E-state index in [1.807, 2.05) is 12.1 Å². The summed E-state index contributed by atoms with van der Waals surface area (Å²) in [6.07, 6.45) is 5.25. The molecule has 4 rings (SSSR count). The van der Waals surface area contributed by atoms with Gasteiger partial charge in [0.2, 0.25) is 11.8 Å². The Labute approximate surface area is 210 Å². The van der Waals surface area contributed by atoms with Gasteiger partial charge in [0, 0.05) is 38.8 Å². The number of pyridine rings is 1. The van der Waals surface area contributed by atoms with Crippen LogP contribution in [0.5, 0.6) is 5.75 Å². The number of methoxy groups -OCH3 is 1. The molecule has 1 aromatic carbocycles. The largest absolute Gasteiger partial charge is 0.490 e. The Hall–Kier alpha value is -3.50. The number of ether oxygens (including phenoxy) is 3. The molecule has 1 aromatic heterocycles. The third kappa shape index (κ3) is 6.38. The van der Waals surface area contributed by atoms with E-state index in [2.05, 4.69) is 15.6 Å². The SMILES string of the molecule is COCC(=O)Nc1ccc2c(c1)C(=O)N(C)[C@H]1CC[C@@H](CC(=O)NCCc3ccncc3)O[C@H]1CO2. The summed E-state index contributed by atoms with van der Waals surface area (Å²) in [4.78, 5) is 43.3. The maximum Gasteiger partial charge on any atom is 0.257 e. The second kappa shape index (κ2) is 12.0. The minimum absolute atomic E-state index is 0.0582. The average Bonchev–Trinajstić information content (AvgIpc) is 2.87. The first-order chi connectivity index (χ1) is 17.4. The van der Waals surface area contributed by atoms with Crippen molar-refractivity contribution in [3.63, 3.8) is 0 Å². The number of nitrogens with one attached hydrogen (secondary N) is 2. The van der Waals surface area contributed by atoms with E-state index in [-0.39, 0.29) is 55.6 Å². The van der Waals surface area contributed by atoms with Crippen LogP contribution in [0.25, 0.3) is 0 Å². The molecule has 0 bridgehead atoms. The van der Waals surface area contributed by atoms with Crippen LogP contribution in [-0.4, -0.2) is 79.8 Å². The number of amides is 3. The van der Waals surface area contributed by atoms with Gasteiger partial charge in [-0.1, -0.05) is 0 Å². The summed E-state index contributed by atoms with van der Waals surface area (Å²) in [5, 5.41) is 5.67. The summed E-state index contributed by atoms with van der Waals surface area (Å²) in [5.41, 5.74) is 1.99. The summed E-state index contributed by atoms with van der Waals surface area (Å²) in [6, 6.07) is 8.65. The summed E-state index contributed by atoms with van der Waals surface area (Å²) < 4.78 is 17.1. The summed E-state index contributed by atoms with van der Waals surface area (Å²) in [6.45, 7) is 0.726. The fourth-order valence-corrected chi connectivity index (χ4v) is 4.61. The van der Waals surface area contributed by atoms with Crippen LogP contribution in [0.1, 0.15) is 35.2 Å². The number of hydrogen-bond acceptors (Lipinski definition) is 7. The molecule has 0 spiro atoms. The Morgan fingerprint density at radius 3 is 2.75 bits per heavy atom. The van der Waals surface area contributed by atoms with E-state index >= 15 is 0 Å². The van der Waals surface area contributed by atoms with Crippen molar-refractivity contribution in [3.8, 4) is 5.75 Å². The highest BCUT2D eigenvalue weighted by Gasteiger charge is 2.39. The van der Waals surface area contributed by atoms with Crippen LogP contribution in [-0.2, 0) is 25.5 Å². The van der Waals surface area contributed by atoms with Gasteiger partial charge in [-0.25, -0.2) is 0 Å². The molecule has 1 fully saturated rings. The van der Waals surface area contributed by atoms with Crippen LogP contribution in [0.2, 0.25) is 0 Å². The predicted octanol–water partition coefficient (Wildman–Crippen LogP) is 1.80. The number of rotatable bonds is 8. The number of hydrogen-bond donors (Lipinski definition) is 2. The van der Waals surface area contributed by atoms with E-state index in [1.54, 1.807) is 42.5 Å². The van der Waals surface area contributed by atoms with Crippen LogP contribution in [0, 0.1) is 0 Å². The molecule has 0 saturated carbocycles. The van der Waals surface area contributed by atoms with Crippen molar-refractivity contribution < 1.29 is 28.6 Å². The molecule has 36 heavy (non-hydrogen) atoms. The summed E-state index contributed by atoms with van der Waals surface area (Å²) >= 11 is 0. The fraction of sp³-hybridized carbons (Fsp3) is 0.462. The number of aromatic nitrogens is 1. The molecule has 3 amide bonds. The number of benzene rings is 1. The standard InChI is InChI=1S/C26H32N4O6/c1-30-21-5-4-19(14-24(31)28-12-9-17-7-10-27-11-8-17)36-23(21)15-35-22-6-3-18(13-20(22)26(30)33)29-25(32)16-34-2/h3,6-8,10-11,13,19,21,23H,4-5,9,12,14-16H2,1-2H3,(H,28,31)(H,29,32)/t19-,21-,23-/m0/s1. The Morgan fingerprint density at radius 2 is 1.97 bits per heavy atom. The third-order valence-corrected chi connectivity index (χ3v) is 6.47. The van der Waals surface area contributed by atoms with Gasteiger partial charge in [0.15, 0.2) is 0 Å². The lowest BCUT2D eigenvalue weighted by Gasteiger charge is -2.42. The molecular formula is C26H32N4O6. The first-order valence-electron chi connectivity index (χ1n) is 12.1. The van der Waals surface area contributed by atoms with Gasteiger partial charge in [0.25, 0.3) is 5.91 Å². The van der Waals surface area contributed by atoms with Crippen LogP contribution in [0.15, 0.2) is 42.7 Å². The van der Waals surface area contributed by atoms with Crippen molar-refractivity contribution >= 4 is 23.4 Å². The van der Waals surface area contributed by atoms with Crippen molar-refractivity contribution in [2.24, 2.45) is 0 Å². The quantitative estimate of drug-likeness (QED) is 0.572. The van der Waals surface area contributed by atoms with Gasteiger partial charge in [-0.2, -0.15) is 0 Å². The van der Waals surface area contributed by atoms with Gasteiger partial charge in [0.05, 0.1) is 24.1 Å².